The molecular formula is C23H26ClN3O2. The molecule has 2 aliphatic rings. The van der Waals surface area contributed by atoms with Crippen LogP contribution in [-0.4, -0.2) is 41.3 Å². The normalized spacial score (nSPS) is 19.8. The first-order valence-corrected chi connectivity index (χ1v) is 10.7. The van der Waals surface area contributed by atoms with Crippen LogP contribution >= 0.6 is 11.6 Å². The summed E-state index contributed by atoms with van der Waals surface area (Å²) in [6.07, 6.45) is 8.21. The van der Waals surface area contributed by atoms with E-state index in [1.165, 1.54) is 5.56 Å². The number of carbonyl (C=O) groups excluding carboxylic acids is 2. The zero-order valence-electron chi connectivity index (χ0n) is 16.4. The van der Waals surface area contributed by atoms with E-state index in [1.54, 1.807) is 36.7 Å². The molecule has 2 fully saturated rings. The summed E-state index contributed by atoms with van der Waals surface area (Å²) < 4.78 is 0. The van der Waals surface area contributed by atoms with Gasteiger partial charge in [0.1, 0.15) is 0 Å². The van der Waals surface area contributed by atoms with Crippen molar-refractivity contribution in [2.45, 2.75) is 32.1 Å². The first-order valence-electron chi connectivity index (χ1n) is 10.3. The number of aryl methyl sites for hydroxylation is 1. The third-order valence-electron chi connectivity index (χ3n) is 6.32. The number of likely N-dealkylation sites (tertiary alicyclic amines) is 1. The second kappa shape index (κ2) is 8.54. The molecule has 6 heteroatoms. The molecule has 1 N–H and O–H groups in total. The summed E-state index contributed by atoms with van der Waals surface area (Å²) in [4.78, 5) is 31.1. The van der Waals surface area contributed by atoms with Gasteiger partial charge in [0, 0.05) is 48.5 Å². The summed E-state index contributed by atoms with van der Waals surface area (Å²) >= 11 is 6.01. The maximum atomic E-state index is 12.7. The molecule has 1 aliphatic carbocycles. The predicted octanol–water partition coefficient (Wildman–Crippen LogP) is 3.73. The van der Waals surface area contributed by atoms with Gasteiger partial charge in [-0.1, -0.05) is 17.7 Å². The molecule has 152 valence electrons. The number of halogens is 1. The highest BCUT2D eigenvalue weighted by atomic mass is 35.5. The van der Waals surface area contributed by atoms with Crippen molar-refractivity contribution in [2.75, 3.05) is 19.6 Å². The number of amides is 2. The maximum Gasteiger partial charge on any atom is 0.253 e. The average Bonchev–Trinajstić information content (AvgIpc) is 3.45. The van der Waals surface area contributed by atoms with Crippen molar-refractivity contribution in [1.29, 1.82) is 0 Å². The minimum absolute atomic E-state index is 0.0279. The Labute approximate surface area is 176 Å². The van der Waals surface area contributed by atoms with Gasteiger partial charge in [-0.15, -0.1) is 0 Å². The Balaban J connectivity index is 1.21. The maximum absolute atomic E-state index is 12.7. The van der Waals surface area contributed by atoms with Crippen LogP contribution in [0.4, 0.5) is 0 Å². The summed E-state index contributed by atoms with van der Waals surface area (Å²) in [6.45, 7) is 2.11. The number of aromatic nitrogens is 1. The Morgan fingerprint density at radius 3 is 2.66 bits per heavy atom. The van der Waals surface area contributed by atoms with Crippen LogP contribution in [0.25, 0.3) is 0 Å². The number of carbonyl (C=O) groups is 2. The van der Waals surface area contributed by atoms with Crippen molar-refractivity contribution < 1.29 is 9.59 Å². The average molecular weight is 412 g/mol. The molecular weight excluding hydrogens is 386 g/mol. The number of nitrogens with one attached hydrogen (secondary N) is 1. The lowest BCUT2D eigenvalue weighted by Gasteiger charge is -2.33. The second-order valence-electron chi connectivity index (χ2n) is 8.17. The summed E-state index contributed by atoms with van der Waals surface area (Å²) in [5.74, 6) is 0.307. The van der Waals surface area contributed by atoms with Crippen LogP contribution in [0.5, 0.6) is 0 Å². The Morgan fingerprint density at radius 2 is 1.93 bits per heavy atom. The fourth-order valence-electron chi connectivity index (χ4n) is 4.41. The number of nitrogens with zero attached hydrogens (tertiary/aromatic N) is 2. The van der Waals surface area contributed by atoms with E-state index < -0.39 is 0 Å². The molecule has 5 nitrogen and oxygen atoms in total. The molecule has 2 aromatic rings. The van der Waals surface area contributed by atoms with Gasteiger partial charge in [-0.05, 0) is 73.4 Å². The minimum Gasteiger partial charge on any atom is -0.356 e. The SMILES string of the molecule is O=C(NCCCc1ccncc1)C1CC12CCN(C(=O)c1cccc(Cl)c1)CC2. The smallest absolute Gasteiger partial charge is 0.253 e. The largest absolute Gasteiger partial charge is 0.356 e. The zero-order chi connectivity index (χ0) is 20.3. The van der Waals surface area contributed by atoms with Gasteiger partial charge in [-0.3, -0.25) is 14.6 Å². The highest BCUT2D eigenvalue weighted by Gasteiger charge is 2.58. The summed E-state index contributed by atoms with van der Waals surface area (Å²) in [5, 5.41) is 3.68. The predicted molar refractivity (Wildman–Crippen MR) is 113 cm³/mol. The van der Waals surface area contributed by atoms with Gasteiger partial charge in [0.25, 0.3) is 5.91 Å². The van der Waals surface area contributed by atoms with Crippen molar-refractivity contribution in [1.82, 2.24) is 15.2 Å². The van der Waals surface area contributed by atoms with Gasteiger partial charge in [0.15, 0.2) is 0 Å². The van der Waals surface area contributed by atoms with Crippen LogP contribution in [0.1, 0.15) is 41.6 Å². The van der Waals surface area contributed by atoms with Gasteiger partial charge in [0.05, 0.1) is 0 Å². The second-order valence-corrected chi connectivity index (χ2v) is 8.61. The molecule has 2 heterocycles. The number of hydrogen-bond acceptors (Lipinski definition) is 3. The number of hydrogen-bond donors (Lipinski definition) is 1. The Hall–Kier alpha value is -2.40. The Morgan fingerprint density at radius 1 is 1.17 bits per heavy atom. The van der Waals surface area contributed by atoms with Crippen LogP contribution < -0.4 is 5.32 Å². The number of benzene rings is 1. The first-order chi connectivity index (χ1) is 14.1. The molecule has 0 radical (unpaired) electrons. The van der Waals surface area contributed by atoms with E-state index in [-0.39, 0.29) is 23.1 Å². The number of pyridine rings is 1. The van der Waals surface area contributed by atoms with Gasteiger partial charge >= 0.3 is 0 Å². The van der Waals surface area contributed by atoms with Crippen LogP contribution in [0.2, 0.25) is 5.02 Å². The van der Waals surface area contributed by atoms with Crippen molar-refractivity contribution in [3.63, 3.8) is 0 Å². The molecule has 1 aromatic carbocycles. The van der Waals surface area contributed by atoms with Crippen molar-refractivity contribution in [3.05, 3.63) is 64.9 Å². The zero-order valence-corrected chi connectivity index (χ0v) is 17.2. The van der Waals surface area contributed by atoms with Gasteiger partial charge in [-0.25, -0.2) is 0 Å². The fraction of sp³-hybridized carbons (Fsp3) is 0.435. The minimum atomic E-state index is 0.0279. The lowest BCUT2D eigenvalue weighted by atomic mass is 9.90. The van der Waals surface area contributed by atoms with Crippen LogP contribution in [0, 0.1) is 11.3 Å². The molecule has 4 rings (SSSR count). The van der Waals surface area contributed by atoms with Crippen molar-refractivity contribution in [3.8, 4) is 0 Å². The summed E-state index contributed by atoms with van der Waals surface area (Å²) in [7, 11) is 0. The molecule has 1 saturated heterocycles. The van der Waals surface area contributed by atoms with E-state index in [0.717, 1.165) is 32.1 Å². The molecule has 29 heavy (non-hydrogen) atoms. The monoisotopic (exact) mass is 411 g/mol. The first kappa shape index (κ1) is 19.9. The topological polar surface area (TPSA) is 62.3 Å². The molecule has 1 atom stereocenters. The highest BCUT2D eigenvalue weighted by molar-refractivity contribution is 6.30. The molecule has 2 amide bonds. The number of rotatable bonds is 6. The highest BCUT2D eigenvalue weighted by Crippen LogP contribution is 2.59. The third kappa shape index (κ3) is 4.61. The van der Waals surface area contributed by atoms with E-state index in [1.807, 2.05) is 17.0 Å². The van der Waals surface area contributed by atoms with Gasteiger partial charge in [-0.2, -0.15) is 0 Å². The van der Waals surface area contributed by atoms with Crippen molar-refractivity contribution in [2.24, 2.45) is 11.3 Å². The number of piperidine rings is 1. The van der Waals surface area contributed by atoms with E-state index in [9.17, 15) is 9.59 Å². The van der Waals surface area contributed by atoms with E-state index in [0.29, 0.717) is 30.2 Å². The van der Waals surface area contributed by atoms with Gasteiger partial charge in [0.2, 0.25) is 5.91 Å². The molecule has 1 aromatic heterocycles. The molecule has 1 saturated carbocycles. The lowest BCUT2D eigenvalue weighted by molar-refractivity contribution is -0.123. The molecule has 0 bridgehead atoms. The Bertz CT molecular complexity index is 879. The Kier molecular flexibility index (Phi) is 5.86. The third-order valence-corrected chi connectivity index (χ3v) is 6.55. The quantitative estimate of drug-likeness (QED) is 0.737. The van der Waals surface area contributed by atoms with Crippen LogP contribution in [0.3, 0.4) is 0 Å². The van der Waals surface area contributed by atoms with E-state index >= 15 is 0 Å². The standard InChI is InChI=1S/C23H26ClN3O2/c24-19-5-1-4-18(15-19)22(29)27-13-8-23(9-14-27)16-20(23)21(28)26-10-2-3-17-6-11-25-12-7-17/h1,4-7,11-12,15,20H,2-3,8-10,13-14,16H2,(H,26,28). The summed E-state index contributed by atoms with van der Waals surface area (Å²) in [5.41, 5.74) is 1.97. The molecule has 1 aliphatic heterocycles. The fourth-order valence-corrected chi connectivity index (χ4v) is 4.60. The lowest BCUT2D eigenvalue weighted by Crippen LogP contribution is -2.40. The molecule has 1 unspecified atom stereocenters. The van der Waals surface area contributed by atoms with E-state index in [4.69, 9.17) is 11.6 Å². The van der Waals surface area contributed by atoms with E-state index in [2.05, 4.69) is 10.3 Å². The summed E-state index contributed by atoms with van der Waals surface area (Å²) in [6, 6.07) is 11.1. The van der Waals surface area contributed by atoms with Crippen molar-refractivity contribution >= 4 is 23.4 Å². The van der Waals surface area contributed by atoms with Crippen LogP contribution in [-0.2, 0) is 11.2 Å². The van der Waals surface area contributed by atoms with Gasteiger partial charge < -0.3 is 10.2 Å². The van der Waals surface area contributed by atoms with Crippen LogP contribution in [0.15, 0.2) is 48.8 Å². The molecule has 1 spiro atoms.